The second-order valence-electron chi connectivity index (χ2n) is 17.0. The second kappa shape index (κ2) is 14.2. The summed E-state index contributed by atoms with van der Waals surface area (Å²) < 4.78 is 30.7. The first-order valence-electron chi connectivity index (χ1n) is 19.3. The number of aliphatic hydroxyl groups excluding tert-OH is 1. The van der Waals surface area contributed by atoms with E-state index in [2.05, 4.69) is 5.32 Å². The zero-order chi connectivity index (χ0) is 40.5. The van der Waals surface area contributed by atoms with E-state index in [0.29, 0.717) is 17.6 Å². The number of fused-ring (bicyclic) bond motifs is 4. The van der Waals surface area contributed by atoms with Crippen molar-refractivity contribution < 1.29 is 57.9 Å². The van der Waals surface area contributed by atoms with Gasteiger partial charge < -0.3 is 39.2 Å². The summed E-state index contributed by atoms with van der Waals surface area (Å²) in [5, 5.41) is 28.4. The Morgan fingerprint density at radius 2 is 1.55 bits per heavy atom. The fourth-order valence-corrected chi connectivity index (χ4v) is 10.4. The number of hydrogen-bond acceptors (Lipinski definition) is 13. The van der Waals surface area contributed by atoms with Crippen LogP contribution in [-0.2, 0) is 42.9 Å². The van der Waals surface area contributed by atoms with Crippen molar-refractivity contribution in [2.75, 3.05) is 6.61 Å². The number of rotatable bonds is 10. The molecule has 13 heteroatoms. The highest BCUT2D eigenvalue weighted by atomic mass is 16.6. The van der Waals surface area contributed by atoms with Crippen LogP contribution in [0.25, 0.3) is 0 Å². The van der Waals surface area contributed by atoms with Gasteiger partial charge in [0.15, 0.2) is 23.6 Å². The molecule has 3 saturated carbocycles. The lowest BCUT2D eigenvalue weighted by molar-refractivity contribution is -0.323. The Kier molecular flexibility index (Phi) is 10.1. The molecule has 2 aromatic rings. The number of carbonyl (C=O) groups excluding carboxylic acids is 5. The first-order chi connectivity index (χ1) is 26.4. The molecular weight excluding hydrogens is 722 g/mol. The molecule has 5 aliphatic rings. The summed E-state index contributed by atoms with van der Waals surface area (Å²) in [6.45, 7) is 11.0. The van der Waals surface area contributed by atoms with Crippen LogP contribution in [0.1, 0.15) is 89.7 Å². The molecule has 13 nitrogen and oxygen atoms in total. The van der Waals surface area contributed by atoms with Crippen LogP contribution in [0.2, 0.25) is 0 Å². The van der Waals surface area contributed by atoms with Crippen LogP contribution in [-0.4, -0.2) is 94.2 Å². The summed E-state index contributed by atoms with van der Waals surface area (Å²) in [6, 6.07) is 16.1. The molecule has 2 bridgehead atoms. The minimum Gasteiger partial charge on any atom is -0.456 e. The van der Waals surface area contributed by atoms with E-state index >= 15 is 4.79 Å². The van der Waals surface area contributed by atoms with Gasteiger partial charge in [0, 0.05) is 37.1 Å². The Morgan fingerprint density at radius 1 is 0.911 bits per heavy atom. The molecular formula is C43H51NO12. The third-order valence-corrected chi connectivity index (χ3v) is 13.0. The lowest BCUT2D eigenvalue weighted by Gasteiger charge is -2.64. The molecule has 1 saturated heterocycles. The lowest BCUT2D eigenvalue weighted by Crippen LogP contribution is -2.78. The molecule has 0 radical (unpaired) electrons. The maximum Gasteiger partial charge on any atom is 0.338 e. The van der Waals surface area contributed by atoms with Gasteiger partial charge in [0.05, 0.1) is 24.1 Å². The fourth-order valence-electron chi connectivity index (χ4n) is 10.4. The number of nitrogens with one attached hydrogen (secondary N) is 1. The van der Waals surface area contributed by atoms with Gasteiger partial charge in [0.25, 0.3) is 0 Å². The number of Topliss-reactive ketones (excluding diaryl/α,β-unsaturated/α-hetero) is 1. The quantitative estimate of drug-likeness (QED) is 0.180. The number of carbonyl (C=O) groups is 5. The summed E-state index contributed by atoms with van der Waals surface area (Å²) in [7, 11) is 0. The largest absolute Gasteiger partial charge is 0.456 e. The molecule has 1 spiro atoms. The van der Waals surface area contributed by atoms with Gasteiger partial charge in [-0.2, -0.15) is 0 Å². The van der Waals surface area contributed by atoms with Crippen molar-refractivity contribution in [3.05, 3.63) is 82.9 Å². The highest BCUT2D eigenvalue weighted by Crippen LogP contribution is 2.74. The summed E-state index contributed by atoms with van der Waals surface area (Å²) in [5.74, 6) is -5.18. The van der Waals surface area contributed by atoms with Gasteiger partial charge in [0.2, 0.25) is 0 Å². The highest BCUT2D eigenvalue weighted by Gasteiger charge is 2.84. The van der Waals surface area contributed by atoms with Gasteiger partial charge in [-0.25, -0.2) is 9.59 Å². The molecule has 0 amide bonds. The number of benzene rings is 2. The van der Waals surface area contributed by atoms with Gasteiger partial charge in [-0.15, -0.1) is 0 Å². The predicted octanol–water partition coefficient (Wildman–Crippen LogP) is 3.94. The molecule has 1 aliphatic heterocycles. The Bertz CT molecular complexity index is 1950. The van der Waals surface area contributed by atoms with Crippen LogP contribution >= 0.6 is 0 Å². The van der Waals surface area contributed by atoms with E-state index in [9.17, 15) is 29.4 Å². The van der Waals surface area contributed by atoms with Crippen molar-refractivity contribution in [3.8, 4) is 0 Å². The molecule has 4 fully saturated rings. The third kappa shape index (κ3) is 6.18. The van der Waals surface area contributed by atoms with Gasteiger partial charge >= 0.3 is 23.9 Å². The highest BCUT2D eigenvalue weighted by molar-refractivity contribution is 5.97. The maximum atomic E-state index is 15.4. The van der Waals surface area contributed by atoms with Crippen LogP contribution in [0, 0.1) is 22.7 Å². The summed E-state index contributed by atoms with van der Waals surface area (Å²) in [6.07, 6.45) is -6.47. The topological polar surface area (TPSA) is 184 Å². The molecule has 1 heterocycles. The Labute approximate surface area is 326 Å². The fraction of sp³-hybridized carbons (Fsp3) is 0.558. The number of esters is 4. The molecule has 11 atom stereocenters. The van der Waals surface area contributed by atoms with Crippen LogP contribution in [0.15, 0.2) is 71.8 Å². The molecule has 7 rings (SSSR count). The van der Waals surface area contributed by atoms with Gasteiger partial charge in [-0.3, -0.25) is 14.4 Å². The molecule has 4 aliphatic carbocycles. The summed E-state index contributed by atoms with van der Waals surface area (Å²) in [5.41, 5.74) is -5.14. The minimum absolute atomic E-state index is 0.131. The normalized spacial score (nSPS) is 34.9. The standard InChI is InChI=1S/C43H51NO12/c1-22(2)44-32(26-14-10-8-11-15-26)33(47)39(50)54-29-20-43(51)37(55-38(49)27-16-12-9-13-17-27)35-41(19-28(41)18-30-42(35,21-52-30)56-25(5)46)36(48)34(53-24(4)45)31(23(29)3)40(43,6)7/h8-17,22,28-30,32-35,37,44,47,51H,18-21H2,1-7H3/t28-,29+,30-,32+,33-,34-,35+,37+,41-,42+,43-/m1/s1. The first kappa shape index (κ1) is 39.8. The average Bonchev–Trinajstić information content (AvgIpc) is 3.87. The molecule has 0 aromatic heterocycles. The van der Waals surface area contributed by atoms with Gasteiger partial charge in [-0.05, 0) is 54.5 Å². The van der Waals surface area contributed by atoms with E-state index in [-0.39, 0.29) is 42.5 Å². The molecule has 300 valence electrons. The molecule has 0 unspecified atom stereocenters. The van der Waals surface area contributed by atoms with Crippen molar-refractivity contribution >= 4 is 29.7 Å². The second-order valence-corrected chi connectivity index (χ2v) is 17.0. The van der Waals surface area contributed by atoms with Crippen LogP contribution in [0.4, 0.5) is 0 Å². The number of ether oxygens (including phenoxy) is 5. The minimum atomic E-state index is -2.16. The van der Waals surface area contributed by atoms with Gasteiger partial charge in [0.1, 0.15) is 23.9 Å². The monoisotopic (exact) mass is 773 g/mol. The van der Waals surface area contributed by atoms with E-state index in [4.69, 9.17) is 23.7 Å². The van der Waals surface area contributed by atoms with E-state index in [0.717, 1.165) is 0 Å². The van der Waals surface area contributed by atoms with Crippen molar-refractivity contribution in [2.45, 2.75) is 122 Å². The van der Waals surface area contributed by atoms with Crippen molar-refractivity contribution in [2.24, 2.45) is 22.7 Å². The molecule has 3 N–H and O–H groups in total. The number of hydrogen-bond donors (Lipinski definition) is 3. The predicted molar refractivity (Wildman–Crippen MR) is 198 cm³/mol. The number of ketones is 1. The third-order valence-electron chi connectivity index (χ3n) is 13.0. The van der Waals surface area contributed by atoms with E-state index in [1.807, 2.05) is 19.9 Å². The van der Waals surface area contributed by atoms with Crippen molar-refractivity contribution in [1.82, 2.24) is 5.32 Å². The van der Waals surface area contributed by atoms with Crippen LogP contribution in [0.3, 0.4) is 0 Å². The smallest absolute Gasteiger partial charge is 0.338 e. The zero-order valence-electron chi connectivity index (χ0n) is 32.8. The van der Waals surface area contributed by atoms with Gasteiger partial charge in [-0.1, -0.05) is 76.2 Å². The van der Waals surface area contributed by atoms with E-state index < -0.39 is 94.2 Å². The van der Waals surface area contributed by atoms with Crippen LogP contribution < -0.4 is 5.32 Å². The van der Waals surface area contributed by atoms with E-state index in [1.54, 1.807) is 75.4 Å². The average molecular weight is 774 g/mol. The first-order valence-corrected chi connectivity index (χ1v) is 19.3. The summed E-state index contributed by atoms with van der Waals surface area (Å²) in [4.78, 5) is 69.5. The molecule has 2 aromatic carbocycles. The number of aliphatic hydroxyl groups is 2. The van der Waals surface area contributed by atoms with Crippen LogP contribution in [0.5, 0.6) is 0 Å². The van der Waals surface area contributed by atoms with Crippen molar-refractivity contribution in [1.29, 1.82) is 0 Å². The maximum absolute atomic E-state index is 15.4. The lowest BCUT2D eigenvalue weighted by atomic mass is 9.48. The summed E-state index contributed by atoms with van der Waals surface area (Å²) >= 11 is 0. The SMILES string of the molecule is CC(=O)O[C@H]1C(=O)[C@]23C[C@H]2C[C@H]2OC[C@@]2(OC(C)=O)[C@H]3[C@H](OC(=O)c2ccccc2)[C@]2(O)C[C@H](OC(=O)[C@H](O)[C@@H](NC(C)C)c3ccccc3)C(C)=C1C2(C)C. The van der Waals surface area contributed by atoms with E-state index in [1.165, 1.54) is 13.8 Å². The zero-order valence-corrected chi connectivity index (χ0v) is 32.8. The Hall–Kier alpha value is -4.43. The Morgan fingerprint density at radius 3 is 2.12 bits per heavy atom. The van der Waals surface area contributed by atoms with Crippen molar-refractivity contribution in [3.63, 3.8) is 0 Å². The molecule has 56 heavy (non-hydrogen) atoms. The Balaban J connectivity index is 1.40.